The molecule has 1 aromatic carbocycles. The summed E-state index contributed by atoms with van der Waals surface area (Å²) in [7, 11) is 0. The van der Waals surface area contributed by atoms with E-state index in [4.69, 9.17) is 9.63 Å². The first-order valence-corrected chi connectivity index (χ1v) is 5.98. The van der Waals surface area contributed by atoms with Gasteiger partial charge >= 0.3 is 6.09 Å². The van der Waals surface area contributed by atoms with Crippen LogP contribution < -0.4 is 10.6 Å². The Hall–Kier alpha value is -2.90. The first kappa shape index (κ1) is 14.5. The van der Waals surface area contributed by atoms with Crippen LogP contribution in [-0.4, -0.2) is 28.4 Å². The minimum atomic E-state index is -1.27. The van der Waals surface area contributed by atoms with E-state index in [9.17, 15) is 14.0 Å². The third-order valence-corrected chi connectivity index (χ3v) is 2.61. The maximum absolute atomic E-state index is 13.2. The second-order valence-electron chi connectivity index (χ2n) is 4.23. The maximum atomic E-state index is 13.2. The molecule has 0 aliphatic heterocycles. The van der Waals surface area contributed by atoms with E-state index in [0.717, 1.165) is 0 Å². The molecule has 1 heterocycles. The molecule has 0 spiro atoms. The maximum Gasteiger partial charge on any atom is 0.406 e. The fourth-order valence-corrected chi connectivity index (χ4v) is 1.75. The Morgan fingerprint density at radius 1 is 1.38 bits per heavy atom. The van der Waals surface area contributed by atoms with E-state index in [2.05, 4.69) is 15.8 Å². The van der Waals surface area contributed by atoms with E-state index < -0.39 is 24.0 Å². The fourth-order valence-electron chi connectivity index (χ4n) is 1.75. The summed E-state index contributed by atoms with van der Waals surface area (Å²) < 4.78 is 18.0. The predicted molar refractivity (Wildman–Crippen MR) is 70.0 cm³/mol. The average molecular weight is 293 g/mol. The minimum absolute atomic E-state index is 0.0559. The van der Waals surface area contributed by atoms with Gasteiger partial charge in [0.25, 0.3) is 5.91 Å². The van der Waals surface area contributed by atoms with E-state index >= 15 is 0 Å². The quantitative estimate of drug-likeness (QED) is 0.746. The molecule has 1 unspecified atom stereocenters. The van der Waals surface area contributed by atoms with Crippen molar-refractivity contribution >= 4 is 12.0 Å². The normalized spacial score (nSPS) is 11.7. The molecular weight excluding hydrogens is 281 g/mol. The van der Waals surface area contributed by atoms with Crippen LogP contribution in [0.3, 0.4) is 0 Å². The van der Waals surface area contributed by atoms with Crippen molar-refractivity contribution in [3.8, 4) is 11.1 Å². The van der Waals surface area contributed by atoms with Crippen molar-refractivity contribution in [3.05, 3.63) is 42.0 Å². The summed E-state index contributed by atoms with van der Waals surface area (Å²) in [4.78, 5) is 22.5. The van der Waals surface area contributed by atoms with Crippen LogP contribution in [0.25, 0.3) is 11.1 Å². The summed E-state index contributed by atoms with van der Waals surface area (Å²) in [5.74, 6) is -1.09. The highest BCUT2D eigenvalue weighted by Gasteiger charge is 2.20. The third-order valence-electron chi connectivity index (χ3n) is 2.61. The lowest BCUT2D eigenvalue weighted by Gasteiger charge is -2.12. The highest BCUT2D eigenvalue weighted by molar-refractivity contribution is 5.98. The van der Waals surface area contributed by atoms with Crippen molar-refractivity contribution in [2.24, 2.45) is 0 Å². The first-order valence-electron chi connectivity index (χ1n) is 5.98. The van der Waals surface area contributed by atoms with Gasteiger partial charge in [0.2, 0.25) is 0 Å². The monoisotopic (exact) mass is 293 g/mol. The van der Waals surface area contributed by atoms with Gasteiger partial charge in [0.05, 0.1) is 5.56 Å². The number of amides is 2. The Balaban J connectivity index is 2.20. The highest BCUT2D eigenvalue weighted by atomic mass is 19.1. The van der Waals surface area contributed by atoms with Crippen LogP contribution in [-0.2, 0) is 0 Å². The van der Waals surface area contributed by atoms with Crippen LogP contribution in [0.4, 0.5) is 9.18 Å². The Morgan fingerprint density at radius 3 is 2.81 bits per heavy atom. The average Bonchev–Trinajstić information content (AvgIpc) is 2.86. The molecule has 0 saturated carbocycles. The van der Waals surface area contributed by atoms with Gasteiger partial charge in [0.1, 0.15) is 18.2 Å². The van der Waals surface area contributed by atoms with Crippen LogP contribution >= 0.6 is 0 Å². The summed E-state index contributed by atoms with van der Waals surface area (Å²) in [5.41, 5.74) is 0.689. The van der Waals surface area contributed by atoms with E-state index in [1.807, 2.05) is 0 Å². The van der Waals surface area contributed by atoms with E-state index in [1.54, 1.807) is 6.07 Å². The SMILES string of the molecule is CC(NC(=O)O)NC(=O)c1nocc1-c1cccc(F)c1. The number of aromatic nitrogens is 1. The van der Waals surface area contributed by atoms with E-state index in [0.29, 0.717) is 11.1 Å². The van der Waals surface area contributed by atoms with Crippen molar-refractivity contribution in [2.75, 3.05) is 0 Å². The molecule has 3 N–H and O–H groups in total. The molecule has 0 saturated heterocycles. The minimum Gasteiger partial charge on any atom is -0.465 e. The number of rotatable bonds is 4. The Labute approximate surface area is 118 Å². The van der Waals surface area contributed by atoms with Gasteiger partial charge in [-0.25, -0.2) is 9.18 Å². The van der Waals surface area contributed by atoms with Crippen molar-refractivity contribution < 1.29 is 23.6 Å². The topological polar surface area (TPSA) is 104 Å². The van der Waals surface area contributed by atoms with E-state index in [1.165, 1.54) is 31.4 Å². The van der Waals surface area contributed by atoms with Crippen LogP contribution in [0, 0.1) is 5.82 Å². The molecule has 110 valence electrons. The van der Waals surface area contributed by atoms with Crippen molar-refractivity contribution in [3.63, 3.8) is 0 Å². The Morgan fingerprint density at radius 2 is 2.14 bits per heavy atom. The molecule has 8 heteroatoms. The number of nitrogens with one attached hydrogen (secondary N) is 2. The number of benzene rings is 1. The summed E-state index contributed by atoms with van der Waals surface area (Å²) >= 11 is 0. The standard InChI is InChI=1S/C13H12FN3O4/c1-7(16-13(19)20)15-12(18)11-10(6-21-17-11)8-3-2-4-9(14)5-8/h2-7,16H,1H3,(H,15,18)(H,19,20). The molecule has 7 nitrogen and oxygen atoms in total. The summed E-state index contributed by atoms with van der Waals surface area (Å²) in [6, 6.07) is 5.61. The van der Waals surface area contributed by atoms with Crippen LogP contribution in [0.2, 0.25) is 0 Å². The molecule has 2 aromatic rings. The summed E-state index contributed by atoms with van der Waals surface area (Å²) in [6.45, 7) is 1.45. The Bertz CT molecular complexity index is 671. The second-order valence-corrected chi connectivity index (χ2v) is 4.23. The van der Waals surface area contributed by atoms with Gasteiger partial charge in [-0.3, -0.25) is 4.79 Å². The highest BCUT2D eigenvalue weighted by Crippen LogP contribution is 2.23. The number of hydrogen-bond donors (Lipinski definition) is 3. The number of halogens is 1. The summed E-state index contributed by atoms with van der Waals surface area (Å²) in [5, 5.41) is 16.6. The fraction of sp³-hybridized carbons (Fsp3) is 0.154. The summed E-state index contributed by atoms with van der Waals surface area (Å²) in [6.07, 6.45) is -0.862. The number of hydrogen-bond acceptors (Lipinski definition) is 4. The van der Waals surface area contributed by atoms with Crippen molar-refractivity contribution in [1.82, 2.24) is 15.8 Å². The lowest BCUT2D eigenvalue weighted by atomic mass is 10.1. The number of nitrogens with zero attached hydrogens (tertiary/aromatic N) is 1. The smallest absolute Gasteiger partial charge is 0.406 e. The van der Waals surface area contributed by atoms with Crippen LogP contribution in [0.15, 0.2) is 35.1 Å². The molecule has 1 aromatic heterocycles. The van der Waals surface area contributed by atoms with Gasteiger partial charge in [-0.1, -0.05) is 17.3 Å². The second kappa shape index (κ2) is 6.04. The van der Waals surface area contributed by atoms with Gasteiger partial charge < -0.3 is 20.3 Å². The van der Waals surface area contributed by atoms with Crippen LogP contribution in [0.1, 0.15) is 17.4 Å². The molecule has 2 rings (SSSR count). The molecular formula is C13H12FN3O4. The van der Waals surface area contributed by atoms with Crippen molar-refractivity contribution in [2.45, 2.75) is 13.1 Å². The van der Waals surface area contributed by atoms with Gasteiger partial charge in [-0.15, -0.1) is 0 Å². The van der Waals surface area contributed by atoms with Gasteiger partial charge in [-0.05, 0) is 24.6 Å². The molecule has 2 amide bonds. The number of carbonyl (C=O) groups is 2. The predicted octanol–water partition coefficient (Wildman–Crippen LogP) is 1.82. The lowest BCUT2D eigenvalue weighted by Crippen LogP contribution is -2.45. The zero-order valence-corrected chi connectivity index (χ0v) is 11.0. The molecule has 0 radical (unpaired) electrons. The number of carboxylic acid groups (broad SMARTS) is 1. The van der Waals surface area contributed by atoms with Gasteiger partial charge in [0.15, 0.2) is 5.69 Å². The zero-order chi connectivity index (χ0) is 15.4. The van der Waals surface area contributed by atoms with Gasteiger partial charge in [-0.2, -0.15) is 0 Å². The zero-order valence-electron chi connectivity index (χ0n) is 11.0. The molecule has 0 bridgehead atoms. The molecule has 21 heavy (non-hydrogen) atoms. The largest absolute Gasteiger partial charge is 0.465 e. The Kier molecular flexibility index (Phi) is 4.17. The van der Waals surface area contributed by atoms with Crippen LogP contribution in [0.5, 0.6) is 0 Å². The number of carbonyl (C=O) groups excluding carboxylic acids is 1. The first-order chi connectivity index (χ1) is 9.97. The molecule has 1 atom stereocenters. The third kappa shape index (κ3) is 3.56. The van der Waals surface area contributed by atoms with E-state index in [-0.39, 0.29) is 5.69 Å². The molecule has 0 aliphatic rings. The van der Waals surface area contributed by atoms with Gasteiger partial charge in [0, 0.05) is 0 Å². The molecule has 0 fully saturated rings. The lowest BCUT2D eigenvalue weighted by molar-refractivity contribution is 0.0925. The van der Waals surface area contributed by atoms with Crippen molar-refractivity contribution in [1.29, 1.82) is 0 Å². The molecule has 0 aliphatic carbocycles.